The van der Waals surface area contributed by atoms with Crippen LogP contribution in [0.2, 0.25) is 0 Å². The van der Waals surface area contributed by atoms with Crippen molar-refractivity contribution in [2.75, 3.05) is 28.4 Å². The average Bonchev–Trinajstić information content (AvgIpc) is 3.11. The van der Waals surface area contributed by atoms with Gasteiger partial charge in [-0.05, 0) is 35.2 Å². The molecule has 0 radical (unpaired) electrons. The maximum atomic E-state index is 12.6. The number of ether oxygens (including phenoxy) is 5. The summed E-state index contributed by atoms with van der Waals surface area (Å²) in [4.78, 5) is 12.6. The smallest absolute Gasteiger partial charge is 0.339 e. The van der Waals surface area contributed by atoms with Crippen LogP contribution in [0.5, 0.6) is 28.7 Å². The molecule has 0 unspecified atom stereocenters. The number of aromatic hydroxyl groups is 1. The summed E-state index contributed by atoms with van der Waals surface area (Å²) < 4.78 is 27.0. The maximum absolute atomic E-state index is 12.6. The second-order valence-corrected chi connectivity index (χ2v) is 6.48. The molecule has 0 amide bonds. The van der Waals surface area contributed by atoms with E-state index in [1.165, 1.54) is 7.11 Å². The van der Waals surface area contributed by atoms with E-state index >= 15 is 0 Å². The Hall–Kier alpha value is -3.61. The summed E-state index contributed by atoms with van der Waals surface area (Å²) >= 11 is 0. The minimum atomic E-state index is -0.444. The fourth-order valence-corrected chi connectivity index (χ4v) is 3.79. The lowest BCUT2D eigenvalue weighted by Crippen LogP contribution is -2.02. The molecule has 0 aromatic heterocycles. The number of carbonyl (C=O) groups is 1. The zero-order valence-corrected chi connectivity index (χ0v) is 16.5. The number of cyclic esters (lactones) is 1. The first-order chi connectivity index (χ1) is 14.0. The van der Waals surface area contributed by atoms with E-state index < -0.39 is 5.97 Å². The molecular weight excluding hydrogens is 376 g/mol. The molecule has 1 heterocycles. The van der Waals surface area contributed by atoms with Gasteiger partial charge in [0.2, 0.25) is 0 Å². The summed E-state index contributed by atoms with van der Waals surface area (Å²) in [6, 6.07) is 8.58. The molecule has 0 saturated carbocycles. The van der Waals surface area contributed by atoms with E-state index in [-0.39, 0.29) is 12.4 Å². The number of hydrogen-bond donors (Lipinski definition) is 1. The second kappa shape index (κ2) is 7.09. The molecule has 29 heavy (non-hydrogen) atoms. The van der Waals surface area contributed by atoms with Gasteiger partial charge in [-0.25, -0.2) is 4.79 Å². The van der Waals surface area contributed by atoms with Crippen molar-refractivity contribution in [1.82, 2.24) is 0 Å². The second-order valence-electron chi connectivity index (χ2n) is 6.48. The highest BCUT2D eigenvalue weighted by Gasteiger charge is 2.32. The van der Waals surface area contributed by atoms with Crippen LogP contribution >= 0.6 is 0 Å². The number of esters is 1. The SMILES string of the molecule is COc1ccc(-c2c3c(c(OC)c4cc(OC)c(OC)cc24)COC3=O)cc1O. The Balaban J connectivity index is 2.16. The van der Waals surface area contributed by atoms with Gasteiger partial charge in [-0.15, -0.1) is 0 Å². The van der Waals surface area contributed by atoms with E-state index in [0.717, 1.165) is 5.39 Å². The van der Waals surface area contributed by atoms with Gasteiger partial charge in [0.05, 0.1) is 34.0 Å². The molecule has 1 aliphatic rings. The molecule has 0 aliphatic carbocycles. The monoisotopic (exact) mass is 396 g/mol. The summed E-state index contributed by atoms with van der Waals surface area (Å²) in [7, 11) is 6.12. The molecule has 7 nitrogen and oxygen atoms in total. The fourth-order valence-electron chi connectivity index (χ4n) is 3.79. The first kappa shape index (κ1) is 18.7. The zero-order chi connectivity index (χ0) is 20.7. The van der Waals surface area contributed by atoms with E-state index in [1.807, 2.05) is 6.07 Å². The normalized spacial score (nSPS) is 12.5. The molecule has 0 bridgehead atoms. The van der Waals surface area contributed by atoms with Gasteiger partial charge in [0.25, 0.3) is 0 Å². The van der Waals surface area contributed by atoms with E-state index in [0.29, 0.717) is 50.6 Å². The fraction of sp³-hybridized carbons (Fsp3) is 0.227. The number of benzene rings is 3. The number of phenolic OH excluding ortho intramolecular Hbond substituents is 1. The average molecular weight is 396 g/mol. The van der Waals surface area contributed by atoms with Crippen LogP contribution in [0.15, 0.2) is 30.3 Å². The summed E-state index contributed by atoms with van der Waals surface area (Å²) in [5.74, 6) is 1.45. The number of phenols is 1. The number of rotatable bonds is 5. The topological polar surface area (TPSA) is 83.5 Å². The van der Waals surface area contributed by atoms with Crippen molar-refractivity contribution in [2.24, 2.45) is 0 Å². The predicted octanol–water partition coefficient (Wildman–Crippen LogP) is 3.92. The van der Waals surface area contributed by atoms with Crippen molar-refractivity contribution in [2.45, 2.75) is 6.61 Å². The van der Waals surface area contributed by atoms with Gasteiger partial charge >= 0.3 is 5.97 Å². The molecular formula is C22H20O7. The highest BCUT2D eigenvalue weighted by Crippen LogP contribution is 2.48. The van der Waals surface area contributed by atoms with E-state index in [4.69, 9.17) is 23.7 Å². The predicted molar refractivity (Wildman–Crippen MR) is 106 cm³/mol. The zero-order valence-electron chi connectivity index (χ0n) is 16.5. The van der Waals surface area contributed by atoms with Gasteiger partial charge < -0.3 is 28.8 Å². The lowest BCUT2D eigenvalue weighted by atomic mass is 9.89. The van der Waals surface area contributed by atoms with Crippen molar-refractivity contribution in [3.8, 4) is 39.9 Å². The minimum Gasteiger partial charge on any atom is -0.504 e. The molecule has 0 spiro atoms. The highest BCUT2D eigenvalue weighted by atomic mass is 16.5. The molecule has 3 aromatic carbocycles. The van der Waals surface area contributed by atoms with Gasteiger partial charge in [-0.2, -0.15) is 0 Å². The maximum Gasteiger partial charge on any atom is 0.339 e. The molecule has 0 fully saturated rings. The van der Waals surface area contributed by atoms with Gasteiger partial charge in [0.1, 0.15) is 12.4 Å². The first-order valence-electron chi connectivity index (χ1n) is 8.87. The molecule has 7 heteroatoms. The summed E-state index contributed by atoms with van der Waals surface area (Å²) in [6.45, 7) is 0.108. The quantitative estimate of drug-likeness (QED) is 0.655. The standard InChI is InChI=1S/C22H20O7/c1-25-16-6-5-11(7-15(16)23)19-12-8-17(26-2)18(27-3)9-13(12)21(28-4)14-10-29-22(24)20(14)19/h5-9,23H,10H2,1-4H3. The molecule has 0 atom stereocenters. The lowest BCUT2D eigenvalue weighted by Gasteiger charge is -2.18. The molecule has 1 N–H and O–H groups in total. The van der Waals surface area contributed by atoms with Crippen LogP contribution < -0.4 is 18.9 Å². The highest BCUT2D eigenvalue weighted by molar-refractivity contribution is 6.14. The third-order valence-corrected chi connectivity index (χ3v) is 5.09. The largest absolute Gasteiger partial charge is 0.504 e. The van der Waals surface area contributed by atoms with Gasteiger partial charge in [-0.1, -0.05) is 6.07 Å². The number of hydrogen-bond acceptors (Lipinski definition) is 7. The third kappa shape index (κ3) is 2.77. The van der Waals surface area contributed by atoms with Gasteiger partial charge in [-0.3, -0.25) is 0 Å². The Morgan fingerprint density at radius 1 is 0.828 bits per heavy atom. The van der Waals surface area contributed by atoms with Crippen molar-refractivity contribution in [3.63, 3.8) is 0 Å². The Labute approximate surface area is 167 Å². The molecule has 150 valence electrons. The molecule has 0 saturated heterocycles. The Kier molecular flexibility index (Phi) is 4.58. The van der Waals surface area contributed by atoms with Gasteiger partial charge in [0, 0.05) is 16.5 Å². The van der Waals surface area contributed by atoms with Gasteiger partial charge in [0.15, 0.2) is 23.0 Å². The van der Waals surface area contributed by atoms with E-state index in [2.05, 4.69) is 0 Å². The number of methoxy groups -OCH3 is 4. The number of carbonyl (C=O) groups excluding carboxylic acids is 1. The lowest BCUT2D eigenvalue weighted by molar-refractivity contribution is 0.0535. The third-order valence-electron chi connectivity index (χ3n) is 5.09. The summed E-state index contributed by atoms with van der Waals surface area (Å²) in [5, 5.41) is 11.8. The van der Waals surface area contributed by atoms with E-state index in [1.54, 1.807) is 45.6 Å². The van der Waals surface area contributed by atoms with Crippen LogP contribution in [0.3, 0.4) is 0 Å². The number of fused-ring (bicyclic) bond motifs is 2. The van der Waals surface area contributed by atoms with Crippen molar-refractivity contribution < 1.29 is 33.6 Å². The van der Waals surface area contributed by atoms with Crippen molar-refractivity contribution in [1.29, 1.82) is 0 Å². The molecule has 3 aromatic rings. The van der Waals surface area contributed by atoms with Crippen LogP contribution in [-0.4, -0.2) is 39.5 Å². The Morgan fingerprint density at radius 2 is 1.48 bits per heavy atom. The Morgan fingerprint density at radius 3 is 2.07 bits per heavy atom. The summed E-state index contributed by atoms with van der Waals surface area (Å²) in [6.07, 6.45) is 0. The van der Waals surface area contributed by atoms with Crippen molar-refractivity contribution >= 4 is 16.7 Å². The van der Waals surface area contributed by atoms with Crippen LogP contribution in [0.1, 0.15) is 15.9 Å². The first-order valence-corrected chi connectivity index (χ1v) is 8.87. The van der Waals surface area contributed by atoms with Crippen molar-refractivity contribution in [3.05, 3.63) is 41.5 Å². The minimum absolute atomic E-state index is 0.0328. The van der Waals surface area contributed by atoms with Crippen LogP contribution in [0.25, 0.3) is 21.9 Å². The van der Waals surface area contributed by atoms with E-state index in [9.17, 15) is 9.90 Å². The van der Waals surface area contributed by atoms with Crippen LogP contribution in [0.4, 0.5) is 0 Å². The molecule has 4 rings (SSSR count). The van der Waals surface area contributed by atoms with Crippen LogP contribution in [-0.2, 0) is 11.3 Å². The molecule has 1 aliphatic heterocycles. The summed E-state index contributed by atoms with van der Waals surface area (Å²) in [5.41, 5.74) is 2.32. The Bertz CT molecular complexity index is 1130. The van der Waals surface area contributed by atoms with Crippen LogP contribution in [0, 0.1) is 0 Å².